The van der Waals surface area contributed by atoms with E-state index in [0.29, 0.717) is 27.2 Å². The summed E-state index contributed by atoms with van der Waals surface area (Å²) < 4.78 is 0.667. The second-order valence-electron chi connectivity index (χ2n) is 5.11. The van der Waals surface area contributed by atoms with Gasteiger partial charge in [-0.05, 0) is 52.7 Å². The fraction of sp³-hybridized carbons (Fsp3) is 0.235. The lowest BCUT2D eigenvalue weighted by Crippen LogP contribution is -2.47. The summed E-state index contributed by atoms with van der Waals surface area (Å²) in [5.41, 5.74) is 3.60. The van der Waals surface area contributed by atoms with Gasteiger partial charge >= 0.3 is 0 Å². The summed E-state index contributed by atoms with van der Waals surface area (Å²) in [5, 5.41) is 1.56. The number of hydrazine groups is 1. The first kappa shape index (κ1) is 18.6. The van der Waals surface area contributed by atoms with E-state index in [2.05, 4.69) is 26.3 Å². The van der Waals surface area contributed by atoms with Crippen LogP contribution in [0.5, 0.6) is 0 Å². The Bertz CT molecular complexity index is 722. The number of hydrogen-bond donors (Lipinski definition) is 1. The number of amides is 2. The van der Waals surface area contributed by atoms with Crippen LogP contribution in [0.4, 0.5) is 0 Å². The largest absolute Gasteiger partial charge is 0.276 e. The third-order valence-corrected chi connectivity index (χ3v) is 3.94. The van der Waals surface area contributed by atoms with Gasteiger partial charge in [-0.25, -0.2) is 10.4 Å². The van der Waals surface area contributed by atoms with Gasteiger partial charge in [0.25, 0.3) is 11.8 Å². The van der Waals surface area contributed by atoms with Gasteiger partial charge in [0, 0.05) is 34.0 Å². The molecule has 1 aromatic heterocycles. The van der Waals surface area contributed by atoms with Crippen LogP contribution in [-0.4, -0.2) is 28.4 Å². The van der Waals surface area contributed by atoms with Crippen molar-refractivity contribution in [2.24, 2.45) is 0 Å². The molecule has 0 saturated carbocycles. The van der Waals surface area contributed by atoms with Crippen LogP contribution in [0.1, 0.15) is 40.5 Å². The van der Waals surface area contributed by atoms with Crippen molar-refractivity contribution in [3.8, 4) is 0 Å². The lowest BCUT2D eigenvalue weighted by Gasteiger charge is -2.22. The van der Waals surface area contributed by atoms with Crippen LogP contribution in [-0.2, 0) is 0 Å². The number of carbonyl (C=O) groups is 2. The molecule has 24 heavy (non-hydrogen) atoms. The highest BCUT2D eigenvalue weighted by molar-refractivity contribution is 9.10. The molecule has 0 bridgehead atoms. The number of pyridine rings is 1. The molecule has 0 atom stereocenters. The van der Waals surface area contributed by atoms with E-state index >= 15 is 0 Å². The standard InChI is InChI=1S/C17H17BrClN3O2/c1-2-3-8-21-22(16(23)12-4-6-15(19)7-5-12)17(24)13-9-14(18)11-20-10-13/h4-7,9-11,21H,2-3,8H2,1H3. The van der Waals surface area contributed by atoms with Gasteiger partial charge in [-0.1, -0.05) is 24.9 Å². The number of rotatable bonds is 6. The average molecular weight is 411 g/mol. The molecule has 2 amide bonds. The normalized spacial score (nSPS) is 10.5. The first-order valence-electron chi connectivity index (χ1n) is 7.51. The lowest BCUT2D eigenvalue weighted by molar-refractivity contribution is 0.0526. The van der Waals surface area contributed by atoms with Gasteiger partial charge in [-0.3, -0.25) is 14.6 Å². The molecule has 0 aliphatic carbocycles. The van der Waals surface area contributed by atoms with Gasteiger partial charge in [0.05, 0.1) is 5.56 Å². The number of benzene rings is 1. The molecule has 2 aromatic rings. The highest BCUT2D eigenvalue weighted by Gasteiger charge is 2.24. The number of unbranched alkanes of at least 4 members (excludes halogenated alkanes) is 1. The number of nitrogens with zero attached hydrogens (tertiary/aromatic N) is 2. The maximum absolute atomic E-state index is 12.7. The Labute approximate surface area is 154 Å². The molecule has 7 heteroatoms. The zero-order chi connectivity index (χ0) is 17.5. The molecule has 0 unspecified atom stereocenters. The van der Waals surface area contributed by atoms with E-state index in [0.717, 1.165) is 17.9 Å². The summed E-state index contributed by atoms with van der Waals surface area (Å²) in [6.45, 7) is 2.55. The van der Waals surface area contributed by atoms with Gasteiger partial charge < -0.3 is 0 Å². The zero-order valence-electron chi connectivity index (χ0n) is 13.1. The second kappa shape index (κ2) is 8.92. The highest BCUT2D eigenvalue weighted by Crippen LogP contribution is 2.15. The monoisotopic (exact) mass is 409 g/mol. The van der Waals surface area contributed by atoms with Crippen molar-refractivity contribution in [2.75, 3.05) is 6.54 Å². The SMILES string of the molecule is CCCCNN(C(=O)c1ccc(Cl)cc1)C(=O)c1cncc(Br)c1. The summed E-state index contributed by atoms with van der Waals surface area (Å²) in [4.78, 5) is 29.4. The predicted octanol–water partition coefficient (Wildman–Crippen LogP) is 4.08. The Balaban J connectivity index is 2.27. The van der Waals surface area contributed by atoms with Crippen molar-refractivity contribution < 1.29 is 9.59 Å². The van der Waals surface area contributed by atoms with E-state index in [9.17, 15) is 9.59 Å². The van der Waals surface area contributed by atoms with Crippen LogP contribution in [0.3, 0.4) is 0 Å². The molecule has 1 aromatic carbocycles. The molecule has 0 fully saturated rings. The first-order valence-corrected chi connectivity index (χ1v) is 8.68. The maximum atomic E-state index is 12.7. The van der Waals surface area contributed by atoms with Gasteiger partial charge in [0.15, 0.2) is 0 Å². The minimum atomic E-state index is -0.458. The minimum absolute atomic E-state index is 0.315. The molecular formula is C17H17BrClN3O2. The number of aromatic nitrogens is 1. The van der Waals surface area contributed by atoms with E-state index < -0.39 is 11.8 Å². The van der Waals surface area contributed by atoms with Gasteiger partial charge in [0.1, 0.15) is 0 Å². The highest BCUT2D eigenvalue weighted by atomic mass is 79.9. The van der Waals surface area contributed by atoms with Crippen LogP contribution in [0, 0.1) is 0 Å². The van der Waals surface area contributed by atoms with Crippen molar-refractivity contribution in [2.45, 2.75) is 19.8 Å². The number of carbonyl (C=O) groups excluding carboxylic acids is 2. The van der Waals surface area contributed by atoms with Crippen molar-refractivity contribution in [3.63, 3.8) is 0 Å². The van der Waals surface area contributed by atoms with E-state index in [1.165, 1.54) is 6.20 Å². The summed E-state index contributed by atoms with van der Waals surface area (Å²) in [7, 11) is 0. The van der Waals surface area contributed by atoms with Crippen LogP contribution < -0.4 is 5.43 Å². The number of imide groups is 1. The fourth-order valence-electron chi connectivity index (χ4n) is 1.98. The molecule has 5 nitrogen and oxygen atoms in total. The van der Waals surface area contributed by atoms with E-state index in [1.54, 1.807) is 36.5 Å². The Morgan fingerprint density at radius 2 is 1.83 bits per heavy atom. The Hall–Kier alpha value is -1.76. The van der Waals surface area contributed by atoms with Crippen LogP contribution >= 0.6 is 27.5 Å². The number of hydrogen-bond acceptors (Lipinski definition) is 4. The first-order chi connectivity index (χ1) is 11.5. The van der Waals surface area contributed by atoms with Crippen molar-refractivity contribution in [1.29, 1.82) is 0 Å². The third-order valence-electron chi connectivity index (χ3n) is 3.25. The van der Waals surface area contributed by atoms with Crippen LogP contribution in [0.2, 0.25) is 5.02 Å². The van der Waals surface area contributed by atoms with Crippen LogP contribution in [0.15, 0.2) is 47.2 Å². The molecule has 0 saturated heterocycles. The molecule has 0 aliphatic heterocycles. The van der Waals surface area contributed by atoms with Gasteiger partial charge in [-0.2, -0.15) is 0 Å². The third kappa shape index (κ3) is 4.87. The molecule has 1 heterocycles. The predicted molar refractivity (Wildman–Crippen MR) is 96.8 cm³/mol. The molecule has 126 valence electrons. The average Bonchev–Trinajstić information content (AvgIpc) is 2.58. The summed E-state index contributed by atoms with van der Waals surface area (Å²) in [6, 6.07) is 8.03. The van der Waals surface area contributed by atoms with Crippen molar-refractivity contribution in [1.82, 2.24) is 15.4 Å². The Kier molecular flexibility index (Phi) is 6.90. The van der Waals surface area contributed by atoms with Crippen molar-refractivity contribution in [3.05, 3.63) is 63.3 Å². The number of nitrogens with one attached hydrogen (secondary N) is 1. The van der Waals surface area contributed by atoms with E-state index in [4.69, 9.17) is 11.6 Å². The lowest BCUT2D eigenvalue weighted by atomic mass is 10.2. The van der Waals surface area contributed by atoms with Gasteiger partial charge in [0.2, 0.25) is 0 Å². The Morgan fingerprint density at radius 1 is 1.17 bits per heavy atom. The summed E-state index contributed by atoms with van der Waals surface area (Å²) in [6.07, 6.45) is 4.79. The van der Waals surface area contributed by atoms with Crippen molar-refractivity contribution >= 4 is 39.3 Å². The zero-order valence-corrected chi connectivity index (χ0v) is 15.5. The van der Waals surface area contributed by atoms with E-state index in [-0.39, 0.29) is 0 Å². The topological polar surface area (TPSA) is 62.3 Å². The van der Waals surface area contributed by atoms with Crippen LogP contribution in [0.25, 0.3) is 0 Å². The molecule has 2 rings (SSSR count). The van der Waals surface area contributed by atoms with Gasteiger partial charge in [-0.15, -0.1) is 0 Å². The minimum Gasteiger partial charge on any atom is -0.267 e. The summed E-state index contributed by atoms with van der Waals surface area (Å²) >= 11 is 9.13. The molecule has 0 aliphatic rings. The van der Waals surface area contributed by atoms with E-state index in [1.807, 2.05) is 6.92 Å². The molecule has 0 radical (unpaired) electrons. The maximum Gasteiger partial charge on any atom is 0.276 e. The smallest absolute Gasteiger partial charge is 0.267 e. The summed E-state index contributed by atoms with van der Waals surface area (Å²) in [5.74, 6) is -0.896. The quantitative estimate of drug-likeness (QED) is 0.443. The number of halogens is 2. The Morgan fingerprint density at radius 3 is 2.46 bits per heavy atom. The fourth-order valence-corrected chi connectivity index (χ4v) is 2.47. The molecule has 1 N–H and O–H groups in total. The molecule has 0 spiro atoms. The second-order valence-corrected chi connectivity index (χ2v) is 6.46. The molecular weight excluding hydrogens is 394 g/mol.